The molecule has 0 unspecified atom stereocenters. The van der Waals surface area contributed by atoms with Gasteiger partial charge in [-0.2, -0.15) is 0 Å². The molecule has 0 bridgehead atoms. The molecular weight excluding hydrogens is 290 g/mol. The number of amides is 1. The number of hydrogen-bond acceptors (Lipinski definition) is 6. The van der Waals surface area contributed by atoms with Gasteiger partial charge in [-0.25, -0.2) is 14.4 Å². The molecule has 0 fully saturated rings. The smallest absolute Gasteiger partial charge is 0.412 e. The Bertz CT molecular complexity index is 564. The van der Waals surface area contributed by atoms with Crippen LogP contribution >= 0.6 is 0 Å². The van der Waals surface area contributed by atoms with Gasteiger partial charge in [-0.05, 0) is 31.2 Å². The Morgan fingerprint density at radius 1 is 1.18 bits per heavy atom. The van der Waals surface area contributed by atoms with Gasteiger partial charge in [-0.1, -0.05) is 6.58 Å². The third-order valence-electron chi connectivity index (χ3n) is 2.44. The number of methoxy groups -OCH3 is 1. The van der Waals surface area contributed by atoms with Gasteiger partial charge in [0.1, 0.15) is 12.4 Å². The molecule has 1 amide bonds. The number of carbonyl (C=O) groups is 3. The number of ether oxygens (including phenoxy) is 3. The lowest BCUT2D eigenvalue weighted by Gasteiger charge is -2.07. The number of esters is 2. The number of carbonyl (C=O) groups excluding carboxylic acids is 3. The molecule has 0 saturated carbocycles. The molecule has 0 aliphatic heterocycles. The van der Waals surface area contributed by atoms with Gasteiger partial charge in [0.2, 0.25) is 0 Å². The van der Waals surface area contributed by atoms with Crippen molar-refractivity contribution >= 4 is 18.0 Å². The molecular formula is C15H17NO6. The van der Waals surface area contributed by atoms with Crippen LogP contribution in [0.15, 0.2) is 36.4 Å². The standard InChI is InChI=1S/C15H17NO6/c1-10(2)13(17)21-9-8-16-15(19)22-12-6-4-11(5-7-12)14(18)20-3/h4-7H,1,8-9H2,2-3H3,(H,16,19). The molecule has 0 spiro atoms. The monoisotopic (exact) mass is 307 g/mol. The van der Waals surface area contributed by atoms with Crippen molar-refractivity contribution in [1.82, 2.24) is 5.32 Å². The summed E-state index contributed by atoms with van der Waals surface area (Å²) < 4.78 is 14.3. The number of nitrogens with one attached hydrogen (secondary N) is 1. The van der Waals surface area contributed by atoms with Crippen LogP contribution < -0.4 is 10.1 Å². The molecule has 1 N–H and O–H groups in total. The van der Waals surface area contributed by atoms with E-state index in [4.69, 9.17) is 9.47 Å². The van der Waals surface area contributed by atoms with E-state index >= 15 is 0 Å². The fourth-order valence-electron chi connectivity index (χ4n) is 1.34. The molecule has 1 aromatic carbocycles. The van der Waals surface area contributed by atoms with Crippen LogP contribution in [-0.4, -0.2) is 38.3 Å². The highest BCUT2D eigenvalue weighted by Gasteiger charge is 2.08. The normalized spacial score (nSPS) is 9.55. The zero-order valence-corrected chi connectivity index (χ0v) is 12.4. The zero-order chi connectivity index (χ0) is 16.5. The lowest BCUT2D eigenvalue weighted by Crippen LogP contribution is -2.30. The summed E-state index contributed by atoms with van der Waals surface area (Å²) in [6.07, 6.45) is -0.697. The molecule has 7 nitrogen and oxygen atoms in total. The Hall–Kier alpha value is -2.83. The van der Waals surface area contributed by atoms with E-state index in [0.717, 1.165) is 0 Å². The summed E-state index contributed by atoms with van der Waals surface area (Å²) in [6.45, 7) is 5.09. The van der Waals surface area contributed by atoms with Crippen molar-refractivity contribution in [2.75, 3.05) is 20.3 Å². The van der Waals surface area contributed by atoms with Crippen molar-refractivity contribution in [3.8, 4) is 5.75 Å². The molecule has 7 heteroatoms. The minimum Gasteiger partial charge on any atom is -0.465 e. The molecule has 0 saturated heterocycles. The number of rotatable bonds is 6. The number of hydrogen-bond donors (Lipinski definition) is 1. The first kappa shape index (κ1) is 17.2. The molecule has 0 atom stereocenters. The second kappa shape index (κ2) is 8.46. The Labute approximate surface area is 127 Å². The zero-order valence-electron chi connectivity index (χ0n) is 12.4. The maximum absolute atomic E-state index is 11.5. The molecule has 118 valence electrons. The largest absolute Gasteiger partial charge is 0.465 e. The van der Waals surface area contributed by atoms with E-state index in [1.54, 1.807) is 0 Å². The molecule has 22 heavy (non-hydrogen) atoms. The summed E-state index contributed by atoms with van der Waals surface area (Å²) in [5.41, 5.74) is 0.634. The number of benzene rings is 1. The SMILES string of the molecule is C=C(C)C(=O)OCCNC(=O)Oc1ccc(C(=O)OC)cc1. The second-order valence-electron chi connectivity index (χ2n) is 4.25. The van der Waals surface area contributed by atoms with E-state index in [0.29, 0.717) is 5.56 Å². The highest BCUT2D eigenvalue weighted by Crippen LogP contribution is 2.12. The predicted octanol–water partition coefficient (Wildman–Crippen LogP) is 1.68. The molecule has 1 rings (SSSR count). The minimum atomic E-state index is -0.697. The lowest BCUT2D eigenvalue weighted by atomic mass is 10.2. The predicted molar refractivity (Wildman–Crippen MR) is 77.6 cm³/mol. The van der Waals surface area contributed by atoms with E-state index in [9.17, 15) is 14.4 Å². The van der Waals surface area contributed by atoms with Gasteiger partial charge >= 0.3 is 18.0 Å². The van der Waals surface area contributed by atoms with Crippen LogP contribution in [0.5, 0.6) is 5.75 Å². The summed E-state index contributed by atoms with van der Waals surface area (Å²) >= 11 is 0. The topological polar surface area (TPSA) is 90.9 Å². The van der Waals surface area contributed by atoms with E-state index in [1.165, 1.54) is 38.3 Å². The first-order chi connectivity index (χ1) is 10.4. The van der Waals surface area contributed by atoms with Crippen molar-refractivity contribution in [3.63, 3.8) is 0 Å². The summed E-state index contributed by atoms with van der Waals surface area (Å²) in [7, 11) is 1.28. The van der Waals surface area contributed by atoms with Crippen molar-refractivity contribution in [3.05, 3.63) is 42.0 Å². The second-order valence-corrected chi connectivity index (χ2v) is 4.25. The molecule has 0 aliphatic rings. The molecule has 1 aromatic rings. The van der Waals surface area contributed by atoms with Crippen molar-refractivity contribution < 1.29 is 28.6 Å². The lowest BCUT2D eigenvalue weighted by molar-refractivity contribution is -0.138. The van der Waals surface area contributed by atoms with Gasteiger partial charge in [0.15, 0.2) is 0 Å². The van der Waals surface area contributed by atoms with Crippen LogP contribution in [0.1, 0.15) is 17.3 Å². The van der Waals surface area contributed by atoms with Crippen LogP contribution in [-0.2, 0) is 14.3 Å². The maximum Gasteiger partial charge on any atom is 0.412 e. The van der Waals surface area contributed by atoms with Gasteiger partial charge in [-0.3, -0.25) is 0 Å². The van der Waals surface area contributed by atoms with Crippen LogP contribution in [0.25, 0.3) is 0 Å². The van der Waals surface area contributed by atoms with E-state index in [2.05, 4.69) is 16.6 Å². The maximum atomic E-state index is 11.5. The van der Waals surface area contributed by atoms with Crippen molar-refractivity contribution in [1.29, 1.82) is 0 Å². The van der Waals surface area contributed by atoms with E-state index in [-0.39, 0.29) is 24.5 Å². The Kier molecular flexibility index (Phi) is 6.62. The highest BCUT2D eigenvalue weighted by molar-refractivity contribution is 5.89. The van der Waals surface area contributed by atoms with Crippen LogP contribution in [0.2, 0.25) is 0 Å². The average Bonchev–Trinajstić information content (AvgIpc) is 2.51. The fourth-order valence-corrected chi connectivity index (χ4v) is 1.34. The van der Waals surface area contributed by atoms with Gasteiger partial charge in [0.05, 0.1) is 19.2 Å². The van der Waals surface area contributed by atoms with E-state index < -0.39 is 18.0 Å². The van der Waals surface area contributed by atoms with Crippen molar-refractivity contribution in [2.24, 2.45) is 0 Å². The van der Waals surface area contributed by atoms with Crippen LogP contribution in [0.4, 0.5) is 4.79 Å². The van der Waals surface area contributed by atoms with E-state index in [1.807, 2.05) is 0 Å². The van der Waals surface area contributed by atoms with Crippen LogP contribution in [0.3, 0.4) is 0 Å². The fraction of sp³-hybridized carbons (Fsp3) is 0.267. The van der Waals surface area contributed by atoms with Gasteiger partial charge in [-0.15, -0.1) is 0 Å². The van der Waals surface area contributed by atoms with Gasteiger partial charge in [0, 0.05) is 5.57 Å². The highest BCUT2D eigenvalue weighted by atomic mass is 16.6. The average molecular weight is 307 g/mol. The Morgan fingerprint density at radius 3 is 2.36 bits per heavy atom. The van der Waals surface area contributed by atoms with Crippen molar-refractivity contribution in [2.45, 2.75) is 6.92 Å². The van der Waals surface area contributed by atoms with Crippen LogP contribution in [0, 0.1) is 0 Å². The first-order valence-corrected chi connectivity index (χ1v) is 6.40. The third-order valence-corrected chi connectivity index (χ3v) is 2.44. The summed E-state index contributed by atoms with van der Waals surface area (Å²) in [4.78, 5) is 33.8. The molecule has 0 radical (unpaired) electrons. The first-order valence-electron chi connectivity index (χ1n) is 6.40. The molecule has 0 aliphatic carbocycles. The third kappa shape index (κ3) is 5.66. The molecule has 0 aromatic heterocycles. The van der Waals surface area contributed by atoms with Gasteiger partial charge in [0.25, 0.3) is 0 Å². The summed E-state index contributed by atoms with van der Waals surface area (Å²) in [6, 6.07) is 5.88. The minimum absolute atomic E-state index is 0.0159. The van der Waals surface area contributed by atoms with Gasteiger partial charge < -0.3 is 19.5 Å². The quantitative estimate of drug-likeness (QED) is 0.488. The Morgan fingerprint density at radius 2 is 1.82 bits per heavy atom. The summed E-state index contributed by atoms with van der Waals surface area (Å²) in [5, 5.41) is 2.41. The summed E-state index contributed by atoms with van der Waals surface area (Å²) in [5.74, 6) is -0.729. The molecule has 0 heterocycles. The Balaban J connectivity index is 2.34.